The highest BCUT2D eigenvalue weighted by Gasteiger charge is 2.08. The van der Waals surface area contributed by atoms with Gasteiger partial charge in [0.05, 0.1) is 12.3 Å². The van der Waals surface area contributed by atoms with Gasteiger partial charge in [-0.15, -0.1) is 0 Å². The highest BCUT2D eigenvalue weighted by atomic mass is 79.9. The maximum absolute atomic E-state index is 11.6. The van der Waals surface area contributed by atoms with Crippen molar-refractivity contribution < 1.29 is 4.74 Å². The molecule has 1 aromatic carbocycles. The van der Waals surface area contributed by atoms with Gasteiger partial charge in [0.25, 0.3) is 5.56 Å². The van der Waals surface area contributed by atoms with Crippen LogP contribution in [0.4, 0.5) is 0 Å². The Kier molecular flexibility index (Phi) is 4.16. The first-order chi connectivity index (χ1) is 8.60. The number of rotatable bonds is 3. The van der Waals surface area contributed by atoms with Gasteiger partial charge in [-0.25, -0.2) is 4.98 Å². The molecule has 0 aliphatic rings. The average molecular weight is 330 g/mol. The van der Waals surface area contributed by atoms with E-state index < -0.39 is 0 Å². The first kappa shape index (κ1) is 13.3. The number of hydrogen-bond acceptors (Lipinski definition) is 3. The molecule has 0 radical (unpaired) electrons. The van der Waals surface area contributed by atoms with Gasteiger partial charge in [0.1, 0.15) is 5.82 Å². The molecule has 1 aromatic heterocycles. The highest BCUT2D eigenvalue weighted by molar-refractivity contribution is 9.10. The second kappa shape index (κ2) is 5.65. The molecule has 0 saturated heterocycles. The van der Waals surface area contributed by atoms with Crippen LogP contribution in [-0.2, 0) is 11.3 Å². The molecule has 0 spiro atoms. The molecule has 2 aromatic rings. The van der Waals surface area contributed by atoms with Crippen molar-refractivity contribution >= 4 is 27.5 Å². The van der Waals surface area contributed by atoms with E-state index >= 15 is 0 Å². The number of aromatic amines is 1. The zero-order valence-corrected chi connectivity index (χ0v) is 11.9. The number of aromatic nitrogens is 2. The van der Waals surface area contributed by atoms with Crippen molar-refractivity contribution in [3.05, 3.63) is 49.8 Å². The van der Waals surface area contributed by atoms with Crippen LogP contribution in [0.2, 0.25) is 5.02 Å². The van der Waals surface area contributed by atoms with Gasteiger partial charge in [-0.05, 0) is 18.2 Å². The van der Waals surface area contributed by atoms with E-state index in [1.165, 1.54) is 6.07 Å². The molecule has 1 N–H and O–H groups in total. The molecule has 0 fully saturated rings. The van der Waals surface area contributed by atoms with Crippen molar-refractivity contribution in [2.24, 2.45) is 0 Å². The van der Waals surface area contributed by atoms with Crippen LogP contribution in [0.1, 0.15) is 5.69 Å². The number of H-pyrrole nitrogens is 1. The summed E-state index contributed by atoms with van der Waals surface area (Å²) in [6, 6.07) is 6.71. The van der Waals surface area contributed by atoms with Crippen molar-refractivity contribution in [1.29, 1.82) is 0 Å². The molecular weight excluding hydrogens is 320 g/mol. The third-order valence-corrected chi connectivity index (χ3v) is 3.20. The fourth-order valence-electron chi connectivity index (χ4n) is 1.54. The molecule has 0 unspecified atom stereocenters. The minimum absolute atomic E-state index is 0.223. The molecule has 4 nitrogen and oxygen atoms in total. The van der Waals surface area contributed by atoms with Crippen LogP contribution in [0.3, 0.4) is 0 Å². The molecule has 94 valence electrons. The lowest BCUT2D eigenvalue weighted by Crippen LogP contribution is -2.11. The summed E-state index contributed by atoms with van der Waals surface area (Å²) < 4.78 is 5.78. The number of ether oxygens (including phenoxy) is 1. The smallest absolute Gasteiger partial charge is 0.251 e. The number of benzene rings is 1. The molecule has 1 heterocycles. The van der Waals surface area contributed by atoms with Crippen LogP contribution >= 0.6 is 27.5 Å². The first-order valence-corrected chi connectivity index (χ1v) is 6.32. The van der Waals surface area contributed by atoms with Gasteiger partial charge in [0.2, 0.25) is 0 Å². The van der Waals surface area contributed by atoms with Crippen LogP contribution < -0.4 is 5.56 Å². The van der Waals surface area contributed by atoms with Gasteiger partial charge < -0.3 is 9.72 Å². The summed E-state index contributed by atoms with van der Waals surface area (Å²) in [6.45, 7) is 0.287. The Hall–Kier alpha value is -1.17. The van der Waals surface area contributed by atoms with Crippen LogP contribution in [0.15, 0.2) is 33.5 Å². The predicted molar refractivity (Wildman–Crippen MR) is 73.7 cm³/mol. The SMILES string of the molecule is COCc1cc(=O)[nH]c(-c2cc(Cl)ccc2Br)n1. The Morgan fingerprint density at radius 1 is 1.44 bits per heavy atom. The molecule has 2 rings (SSSR count). The highest BCUT2D eigenvalue weighted by Crippen LogP contribution is 2.28. The number of nitrogens with zero attached hydrogens (tertiary/aromatic N) is 1. The summed E-state index contributed by atoms with van der Waals surface area (Å²) >= 11 is 9.35. The maximum Gasteiger partial charge on any atom is 0.251 e. The molecule has 0 aliphatic heterocycles. The fraction of sp³-hybridized carbons (Fsp3) is 0.167. The normalized spacial score (nSPS) is 10.6. The first-order valence-electron chi connectivity index (χ1n) is 5.15. The minimum atomic E-state index is -0.223. The summed E-state index contributed by atoms with van der Waals surface area (Å²) in [5.74, 6) is 0.462. The van der Waals surface area contributed by atoms with E-state index in [9.17, 15) is 4.79 Å². The summed E-state index contributed by atoms with van der Waals surface area (Å²) in [7, 11) is 1.55. The number of nitrogens with one attached hydrogen (secondary N) is 1. The van der Waals surface area contributed by atoms with E-state index in [1.807, 2.05) is 0 Å². The second-order valence-electron chi connectivity index (χ2n) is 3.64. The summed E-state index contributed by atoms with van der Waals surface area (Å²) in [5, 5.41) is 0.577. The fourth-order valence-corrected chi connectivity index (χ4v) is 2.14. The Bertz CT molecular complexity index is 628. The summed E-state index contributed by atoms with van der Waals surface area (Å²) in [5.41, 5.74) is 1.08. The standard InChI is InChI=1S/C12H10BrClN2O2/c1-18-6-8-5-11(17)16-12(15-8)9-4-7(14)2-3-10(9)13/h2-5H,6H2,1H3,(H,15,16,17). The lowest BCUT2D eigenvalue weighted by Gasteiger charge is -2.06. The van der Waals surface area contributed by atoms with Gasteiger partial charge in [0.15, 0.2) is 0 Å². The van der Waals surface area contributed by atoms with Gasteiger partial charge in [0, 0.05) is 28.2 Å². The topological polar surface area (TPSA) is 55.0 Å². The van der Waals surface area contributed by atoms with Crippen molar-refractivity contribution in [2.45, 2.75) is 6.61 Å². The molecule has 0 aliphatic carbocycles. The minimum Gasteiger partial charge on any atom is -0.378 e. The van der Waals surface area contributed by atoms with Gasteiger partial charge in [-0.1, -0.05) is 27.5 Å². The van der Waals surface area contributed by atoms with E-state index in [0.29, 0.717) is 16.5 Å². The number of methoxy groups -OCH3 is 1. The number of halogens is 2. The van der Waals surface area contributed by atoms with Crippen molar-refractivity contribution in [2.75, 3.05) is 7.11 Å². The lowest BCUT2D eigenvalue weighted by atomic mass is 10.2. The van der Waals surface area contributed by atoms with Gasteiger partial charge >= 0.3 is 0 Å². The van der Waals surface area contributed by atoms with E-state index in [1.54, 1.807) is 25.3 Å². The second-order valence-corrected chi connectivity index (χ2v) is 4.93. The number of hydrogen-bond donors (Lipinski definition) is 1. The summed E-state index contributed by atoms with van der Waals surface area (Å²) in [4.78, 5) is 18.6. The van der Waals surface area contributed by atoms with E-state index in [0.717, 1.165) is 10.0 Å². The summed E-state index contributed by atoms with van der Waals surface area (Å²) in [6.07, 6.45) is 0. The maximum atomic E-state index is 11.6. The quantitative estimate of drug-likeness (QED) is 0.942. The van der Waals surface area contributed by atoms with E-state index in [2.05, 4.69) is 25.9 Å². The third-order valence-electron chi connectivity index (χ3n) is 2.27. The molecule has 0 bridgehead atoms. The van der Waals surface area contributed by atoms with Crippen molar-refractivity contribution in [3.8, 4) is 11.4 Å². The largest absolute Gasteiger partial charge is 0.378 e. The Labute approximate surface area is 117 Å². The van der Waals surface area contributed by atoms with Crippen molar-refractivity contribution in [3.63, 3.8) is 0 Å². The Balaban J connectivity index is 2.56. The Morgan fingerprint density at radius 2 is 2.22 bits per heavy atom. The van der Waals surface area contributed by atoms with Crippen LogP contribution in [0.5, 0.6) is 0 Å². The van der Waals surface area contributed by atoms with Crippen LogP contribution in [-0.4, -0.2) is 17.1 Å². The molecule has 0 atom stereocenters. The average Bonchev–Trinajstić information content (AvgIpc) is 2.32. The zero-order chi connectivity index (χ0) is 13.1. The molecule has 0 amide bonds. The molecule has 0 saturated carbocycles. The Morgan fingerprint density at radius 3 is 2.94 bits per heavy atom. The predicted octanol–water partition coefficient (Wildman–Crippen LogP) is 3.00. The lowest BCUT2D eigenvalue weighted by molar-refractivity contribution is 0.181. The monoisotopic (exact) mass is 328 g/mol. The molecule has 18 heavy (non-hydrogen) atoms. The van der Waals surface area contributed by atoms with E-state index in [-0.39, 0.29) is 12.2 Å². The molecule has 6 heteroatoms. The van der Waals surface area contributed by atoms with Gasteiger partial charge in [-0.3, -0.25) is 4.79 Å². The zero-order valence-electron chi connectivity index (χ0n) is 9.54. The van der Waals surface area contributed by atoms with Crippen molar-refractivity contribution in [1.82, 2.24) is 9.97 Å². The van der Waals surface area contributed by atoms with Gasteiger partial charge in [-0.2, -0.15) is 0 Å². The van der Waals surface area contributed by atoms with Crippen LogP contribution in [0, 0.1) is 0 Å². The van der Waals surface area contributed by atoms with Crippen LogP contribution in [0.25, 0.3) is 11.4 Å². The molecular formula is C12H10BrClN2O2. The third kappa shape index (κ3) is 2.98. The van der Waals surface area contributed by atoms with E-state index in [4.69, 9.17) is 16.3 Å².